The highest BCUT2D eigenvalue weighted by atomic mass is 15.0. The van der Waals surface area contributed by atoms with Crippen LogP contribution in [0.4, 0.5) is 0 Å². The zero-order valence-electron chi connectivity index (χ0n) is 10.3. The molecule has 0 heterocycles. The molecule has 2 heteroatoms. The van der Waals surface area contributed by atoms with Gasteiger partial charge in [-0.3, -0.25) is 0 Å². The molecule has 2 rings (SSSR count). The average Bonchev–Trinajstić information content (AvgIpc) is 2.69. The summed E-state index contributed by atoms with van der Waals surface area (Å²) in [7, 11) is 0. The molecule has 2 aliphatic carbocycles. The van der Waals surface area contributed by atoms with Crippen LogP contribution in [0.2, 0.25) is 0 Å². The lowest BCUT2D eigenvalue weighted by Crippen LogP contribution is -2.40. The maximum Gasteiger partial charge on any atom is 0.0672 e. The summed E-state index contributed by atoms with van der Waals surface area (Å²) in [6.45, 7) is 0. The Labute approximate surface area is 99.4 Å². The van der Waals surface area contributed by atoms with E-state index in [1.165, 1.54) is 57.8 Å². The topological polar surface area (TPSA) is 35.8 Å². The number of rotatable bonds is 2. The van der Waals surface area contributed by atoms with Crippen LogP contribution in [0.15, 0.2) is 0 Å². The first-order valence-corrected chi connectivity index (χ1v) is 7.06. The van der Waals surface area contributed by atoms with E-state index in [0.29, 0.717) is 12.1 Å². The largest absolute Gasteiger partial charge is 0.310 e. The van der Waals surface area contributed by atoms with Gasteiger partial charge in [-0.15, -0.1) is 0 Å². The van der Waals surface area contributed by atoms with Gasteiger partial charge in [0.05, 0.1) is 12.0 Å². The van der Waals surface area contributed by atoms with E-state index in [1.54, 1.807) is 0 Å². The Morgan fingerprint density at radius 2 is 1.50 bits per heavy atom. The Morgan fingerprint density at radius 3 is 2.19 bits per heavy atom. The van der Waals surface area contributed by atoms with Gasteiger partial charge in [0, 0.05) is 12.1 Å². The molecule has 0 aromatic carbocycles. The maximum atomic E-state index is 9.08. The van der Waals surface area contributed by atoms with E-state index >= 15 is 0 Å². The van der Waals surface area contributed by atoms with Crippen molar-refractivity contribution in [1.82, 2.24) is 5.32 Å². The van der Waals surface area contributed by atoms with Crippen molar-refractivity contribution in [2.45, 2.75) is 76.3 Å². The summed E-state index contributed by atoms with van der Waals surface area (Å²) in [5.41, 5.74) is 0. The lowest BCUT2D eigenvalue weighted by molar-refractivity contribution is 0.334. The Balaban J connectivity index is 1.80. The van der Waals surface area contributed by atoms with Crippen molar-refractivity contribution in [3.05, 3.63) is 0 Å². The van der Waals surface area contributed by atoms with Crippen LogP contribution in [0.25, 0.3) is 0 Å². The SMILES string of the molecule is N#CC1CCCC1NC1CCCCCCC1. The normalized spacial score (nSPS) is 32.9. The standard InChI is InChI=1S/C14H24N2/c15-11-12-7-6-10-14(12)16-13-8-4-2-1-3-5-9-13/h12-14,16H,1-10H2. The Hall–Kier alpha value is -0.550. The predicted octanol–water partition coefficient (Wildman–Crippen LogP) is 3.38. The summed E-state index contributed by atoms with van der Waals surface area (Å²) in [4.78, 5) is 0. The van der Waals surface area contributed by atoms with Crippen molar-refractivity contribution in [2.75, 3.05) is 0 Å². The molecule has 2 atom stereocenters. The van der Waals surface area contributed by atoms with E-state index in [-0.39, 0.29) is 5.92 Å². The van der Waals surface area contributed by atoms with Crippen LogP contribution in [0.3, 0.4) is 0 Å². The van der Waals surface area contributed by atoms with Gasteiger partial charge in [-0.25, -0.2) is 0 Å². The summed E-state index contributed by atoms with van der Waals surface area (Å²) >= 11 is 0. The van der Waals surface area contributed by atoms with E-state index in [1.807, 2.05) is 0 Å². The van der Waals surface area contributed by atoms with Crippen molar-refractivity contribution in [3.8, 4) is 6.07 Å². The molecule has 0 amide bonds. The molecular formula is C14H24N2. The van der Waals surface area contributed by atoms with E-state index in [9.17, 15) is 0 Å². The number of hydrogen-bond acceptors (Lipinski definition) is 2. The van der Waals surface area contributed by atoms with Crippen molar-refractivity contribution >= 4 is 0 Å². The van der Waals surface area contributed by atoms with E-state index < -0.39 is 0 Å². The molecule has 2 fully saturated rings. The van der Waals surface area contributed by atoms with Gasteiger partial charge in [-0.1, -0.05) is 38.5 Å². The zero-order valence-corrected chi connectivity index (χ0v) is 10.3. The Morgan fingerprint density at radius 1 is 0.812 bits per heavy atom. The molecule has 2 saturated carbocycles. The van der Waals surface area contributed by atoms with Crippen molar-refractivity contribution in [1.29, 1.82) is 5.26 Å². The highest BCUT2D eigenvalue weighted by molar-refractivity contribution is 4.97. The third-order valence-corrected chi connectivity index (χ3v) is 4.24. The third-order valence-electron chi connectivity index (χ3n) is 4.24. The Kier molecular flexibility index (Phi) is 4.66. The van der Waals surface area contributed by atoms with Crippen molar-refractivity contribution in [2.24, 2.45) is 5.92 Å². The fraction of sp³-hybridized carbons (Fsp3) is 0.929. The number of nitrogens with one attached hydrogen (secondary N) is 1. The summed E-state index contributed by atoms with van der Waals surface area (Å²) < 4.78 is 0. The second-order valence-electron chi connectivity index (χ2n) is 5.48. The highest BCUT2D eigenvalue weighted by Crippen LogP contribution is 2.27. The number of hydrogen-bond donors (Lipinski definition) is 1. The quantitative estimate of drug-likeness (QED) is 0.774. The highest BCUT2D eigenvalue weighted by Gasteiger charge is 2.28. The summed E-state index contributed by atoms with van der Waals surface area (Å²) in [5.74, 6) is 0.283. The Bertz CT molecular complexity index is 236. The van der Waals surface area contributed by atoms with Gasteiger partial charge in [0.1, 0.15) is 0 Å². The molecule has 0 bridgehead atoms. The monoisotopic (exact) mass is 220 g/mol. The van der Waals surface area contributed by atoms with Gasteiger partial charge in [0.25, 0.3) is 0 Å². The third kappa shape index (κ3) is 3.22. The molecule has 90 valence electrons. The van der Waals surface area contributed by atoms with Gasteiger partial charge < -0.3 is 5.32 Å². The fourth-order valence-corrected chi connectivity index (χ4v) is 3.24. The lowest BCUT2D eigenvalue weighted by atomic mass is 9.95. The summed E-state index contributed by atoms with van der Waals surface area (Å²) in [6.07, 6.45) is 13.2. The zero-order chi connectivity index (χ0) is 11.2. The molecule has 2 aliphatic rings. The molecule has 0 aromatic rings. The lowest BCUT2D eigenvalue weighted by Gasteiger charge is -2.26. The van der Waals surface area contributed by atoms with Crippen LogP contribution in [0.5, 0.6) is 0 Å². The van der Waals surface area contributed by atoms with Gasteiger partial charge in [0.15, 0.2) is 0 Å². The van der Waals surface area contributed by atoms with Crippen LogP contribution < -0.4 is 5.32 Å². The van der Waals surface area contributed by atoms with E-state index in [4.69, 9.17) is 5.26 Å². The molecule has 0 aromatic heterocycles. The molecule has 0 spiro atoms. The summed E-state index contributed by atoms with van der Waals surface area (Å²) in [5, 5.41) is 12.8. The molecule has 0 radical (unpaired) electrons. The average molecular weight is 220 g/mol. The summed E-state index contributed by atoms with van der Waals surface area (Å²) in [6, 6.07) is 3.66. The van der Waals surface area contributed by atoms with Gasteiger partial charge in [-0.2, -0.15) is 5.26 Å². The second-order valence-corrected chi connectivity index (χ2v) is 5.48. The van der Waals surface area contributed by atoms with Gasteiger partial charge >= 0.3 is 0 Å². The smallest absolute Gasteiger partial charge is 0.0672 e. The molecular weight excluding hydrogens is 196 g/mol. The maximum absolute atomic E-state index is 9.08. The molecule has 2 unspecified atom stereocenters. The molecule has 16 heavy (non-hydrogen) atoms. The molecule has 0 aliphatic heterocycles. The van der Waals surface area contributed by atoms with E-state index in [0.717, 1.165) is 6.42 Å². The van der Waals surface area contributed by atoms with Gasteiger partial charge in [-0.05, 0) is 25.7 Å². The first-order valence-electron chi connectivity index (χ1n) is 7.06. The first kappa shape index (κ1) is 11.9. The minimum atomic E-state index is 0.283. The van der Waals surface area contributed by atoms with Crippen LogP contribution in [0.1, 0.15) is 64.2 Å². The first-order chi connectivity index (χ1) is 7.90. The fourth-order valence-electron chi connectivity index (χ4n) is 3.24. The van der Waals surface area contributed by atoms with Gasteiger partial charge in [0.2, 0.25) is 0 Å². The minimum absolute atomic E-state index is 0.283. The van der Waals surface area contributed by atoms with Crippen LogP contribution in [-0.2, 0) is 0 Å². The minimum Gasteiger partial charge on any atom is -0.310 e. The number of nitrogens with zero attached hydrogens (tertiary/aromatic N) is 1. The molecule has 0 saturated heterocycles. The van der Waals surface area contributed by atoms with E-state index in [2.05, 4.69) is 11.4 Å². The van der Waals surface area contributed by atoms with Crippen molar-refractivity contribution in [3.63, 3.8) is 0 Å². The second kappa shape index (κ2) is 6.25. The number of nitriles is 1. The molecule has 1 N–H and O–H groups in total. The molecule has 2 nitrogen and oxygen atoms in total. The van der Waals surface area contributed by atoms with Crippen LogP contribution >= 0.6 is 0 Å². The van der Waals surface area contributed by atoms with Crippen LogP contribution in [-0.4, -0.2) is 12.1 Å². The predicted molar refractivity (Wildman–Crippen MR) is 66.0 cm³/mol. The van der Waals surface area contributed by atoms with Crippen LogP contribution in [0, 0.1) is 17.2 Å². The van der Waals surface area contributed by atoms with Crippen molar-refractivity contribution < 1.29 is 0 Å².